The third-order valence-corrected chi connectivity index (χ3v) is 4.26. The summed E-state index contributed by atoms with van der Waals surface area (Å²) in [5, 5.41) is 9.04. The maximum Gasteiger partial charge on any atom is 0.337 e. The topological polar surface area (TPSA) is 101 Å². The van der Waals surface area contributed by atoms with Gasteiger partial charge in [-0.15, -0.1) is 0 Å². The van der Waals surface area contributed by atoms with Crippen molar-refractivity contribution in [3.8, 4) is 0 Å². The molecule has 3 N–H and O–H groups in total. The van der Waals surface area contributed by atoms with Gasteiger partial charge >= 0.3 is 5.97 Å². The van der Waals surface area contributed by atoms with E-state index >= 15 is 0 Å². The highest BCUT2D eigenvalue weighted by molar-refractivity contribution is 7.89. The molecule has 1 rings (SSSR count). The monoisotopic (exact) mass is 284 g/mol. The predicted molar refractivity (Wildman–Crippen MR) is 72.4 cm³/mol. The standard InChI is InChI=1S/C12H16N2O4S/c1-8(2)7-14(3)19(17,18)11-6-9(13)4-5-10(11)12(15)16/h4-6H,1,7,13H2,2-3H3,(H,15,16). The molecular formula is C12H16N2O4S. The van der Waals surface area contributed by atoms with Crippen molar-refractivity contribution in [2.75, 3.05) is 19.3 Å². The fraction of sp³-hybridized carbons (Fsp3) is 0.250. The number of anilines is 1. The summed E-state index contributed by atoms with van der Waals surface area (Å²) in [6, 6.07) is 3.67. The van der Waals surface area contributed by atoms with Crippen molar-refractivity contribution in [1.82, 2.24) is 4.31 Å². The molecule has 0 unspecified atom stereocenters. The molecule has 1 aromatic carbocycles. The molecule has 0 aliphatic carbocycles. The summed E-state index contributed by atoms with van der Waals surface area (Å²) in [7, 11) is -2.56. The first kappa shape index (κ1) is 15.2. The van der Waals surface area contributed by atoms with E-state index in [9.17, 15) is 13.2 Å². The summed E-state index contributed by atoms with van der Waals surface area (Å²) >= 11 is 0. The third-order valence-electron chi connectivity index (χ3n) is 2.42. The Balaban J connectivity index is 3.39. The van der Waals surface area contributed by atoms with E-state index in [1.807, 2.05) is 0 Å². The number of hydrogen-bond acceptors (Lipinski definition) is 4. The van der Waals surface area contributed by atoms with E-state index < -0.39 is 16.0 Å². The molecule has 104 valence electrons. The van der Waals surface area contributed by atoms with E-state index in [0.29, 0.717) is 5.57 Å². The SMILES string of the molecule is C=C(C)CN(C)S(=O)(=O)c1cc(N)ccc1C(=O)O. The Morgan fingerprint density at radius 2 is 2.05 bits per heavy atom. The Kier molecular flexibility index (Phi) is 4.33. The fourth-order valence-corrected chi connectivity index (χ4v) is 3.01. The molecule has 0 heterocycles. The first-order chi connectivity index (χ1) is 8.66. The zero-order valence-corrected chi connectivity index (χ0v) is 11.6. The second kappa shape index (κ2) is 5.41. The molecule has 0 radical (unpaired) electrons. The Hall–Kier alpha value is -1.86. The molecule has 0 fully saturated rings. The van der Waals surface area contributed by atoms with E-state index in [2.05, 4.69) is 6.58 Å². The summed E-state index contributed by atoms with van der Waals surface area (Å²) in [6.45, 7) is 5.42. The Labute approximate surface area is 112 Å². The lowest BCUT2D eigenvalue weighted by molar-refractivity contribution is 0.0692. The maximum atomic E-state index is 12.3. The number of nitrogens with zero attached hydrogens (tertiary/aromatic N) is 1. The number of sulfonamides is 1. The van der Waals surface area contributed by atoms with Gasteiger partial charge in [0, 0.05) is 19.3 Å². The van der Waals surface area contributed by atoms with E-state index in [0.717, 1.165) is 10.4 Å². The number of likely N-dealkylation sites (N-methyl/N-ethyl adjacent to an activating group) is 1. The minimum Gasteiger partial charge on any atom is -0.478 e. The average molecular weight is 284 g/mol. The van der Waals surface area contributed by atoms with Gasteiger partial charge < -0.3 is 10.8 Å². The van der Waals surface area contributed by atoms with Gasteiger partial charge in [-0.2, -0.15) is 4.31 Å². The van der Waals surface area contributed by atoms with Gasteiger partial charge in [-0.25, -0.2) is 13.2 Å². The number of nitrogen functional groups attached to an aromatic ring is 1. The predicted octanol–water partition coefficient (Wildman–Crippen LogP) is 1.16. The summed E-state index contributed by atoms with van der Waals surface area (Å²) in [4.78, 5) is 10.8. The minimum absolute atomic E-state index is 0.107. The van der Waals surface area contributed by atoms with Crippen molar-refractivity contribution in [2.24, 2.45) is 0 Å². The lowest BCUT2D eigenvalue weighted by Crippen LogP contribution is -2.29. The van der Waals surface area contributed by atoms with Crippen molar-refractivity contribution in [1.29, 1.82) is 0 Å². The normalized spacial score (nSPS) is 11.5. The summed E-state index contributed by atoms with van der Waals surface area (Å²) in [5.41, 5.74) is 6.06. The van der Waals surface area contributed by atoms with Gasteiger partial charge in [0.05, 0.1) is 10.5 Å². The van der Waals surface area contributed by atoms with Crippen molar-refractivity contribution >= 4 is 21.7 Å². The van der Waals surface area contributed by atoms with Crippen molar-refractivity contribution < 1.29 is 18.3 Å². The van der Waals surface area contributed by atoms with Crippen molar-refractivity contribution in [2.45, 2.75) is 11.8 Å². The highest BCUT2D eigenvalue weighted by Crippen LogP contribution is 2.22. The Morgan fingerprint density at radius 1 is 1.47 bits per heavy atom. The molecule has 0 aliphatic rings. The van der Waals surface area contributed by atoms with Crippen LogP contribution in [0.1, 0.15) is 17.3 Å². The maximum absolute atomic E-state index is 12.3. The van der Waals surface area contributed by atoms with Gasteiger partial charge in [-0.3, -0.25) is 0 Å². The van der Waals surface area contributed by atoms with Crippen LogP contribution in [0.25, 0.3) is 0 Å². The number of rotatable bonds is 5. The number of hydrogen-bond donors (Lipinski definition) is 2. The second-order valence-electron chi connectivity index (χ2n) is 4.28. The zero-order chi connectivity index (χ0) is 14.8. The highest BCUT2D eigenvalue weighted by atomic mass is 32.2. The quantitative estimate of drug-likeness (QED) is 0.624. The number of carbonyl (C=O) groups is 1. The lowest BCUT2D eigenvalue weighted by Gasteiger charge is -2.18. The number of carboxylic acids is 1. The molecule has 0 atom stereocenters. The molecule has 19 heavy (non-hydrogen) atoms. The number of aromatic carboxylic acids is 1. The molecule has 7 heteroatoms. The smallest absolute Gasteiger partial charge is 0.337 e. The first-order valence-corrected chi connectivity index (χ1v) is 6.84. The largest absolute Gasteiger partial charge is 0.478 e. The van der Waals surface area contributed by atoms with Crippen LogP contribution in [0.3, 0.4) is 0 Å². The van der Waals surface area contributed by atoms with Gasteiger partial charge in [-0.1, -0.05) is 12.2 Å². The first-order valence-electron chi connectivity index (χ1n) is 5.40. The van der Waals surface area contributed by atoms with Crippen molar-refractivity contribution in [3.63, 3.8) is 0 Å². The van der Waals surface area contributed by atoms with E-state index in [-0.39, 0.29) is 22.7 Å². The van der Waals surface area contributed by atoms with Gasteiger partial charge in [0.15, 0.2) is 0 Å². The van der Waals surface area contributed by atoms with Gasteiger partial charge in [0.1, 0.15) is 0 Å². The van der Waals surface area contributed by atoms with E-state index in [1.54, 1.807) is 6.92 Å². The van der Waals surface area contributed by atoms with Crippen LogP contribution in [-0.2, 0) is 10.0 Å². The zero-order valence-electron chi connectivity index (χ0n) is 10.8. The van der Waals surface area contributed by atoms with Crippen LogP contribution in [0.15, 0.2) is 35.2 Å². The minimum atomic E-state index is -3.92. The summed E-state index contributed by atoms with van der Waals surface area (Å²) in [6.07, 6.45) is 0. The van der Waals surface area contributed by atoms with Crippen LogP contribution in [0.2, 0.25) is 0 Å². The van der Waals surface area contributed by atoms with Gasteiger partial charge in [0.25, 0.3) is 0 Å². The van der Waals surface area contributed by atoms with Crippen LogP contribution in [0.4, 0.5) is 5.69 Å². The Bertz CT molecular complexity index is 623. The van der Waals surface area contributed by atoms with Gasteiger partial charge in [0.2, 0.25) is 10.0 Å². The summed E-state index contributed by atoms with van der Waals surface area (Å²) in [5.74, 6) is -1.32. The molecule has 6 nitrogen and oxygen atoms in total. The molecule has 0 spiro atoms. The van der Waals surface area contributed by atoms with E-state index in [1.165, 1.54) is 19.2 Å². The van der Waals surface area contributed by atoms with Gasteiger partial charge in [-0.05, 0) is 25.1 Å². The number of carboxylic acid groups (broad SMARTS) is 1. The van der Waals surface area contributed by atoms with Crippen LogP contribution in [0, 0.1) is 0 Å². The molecule has 1 aromatic rings. The molecule has 0 aliphatic heterocycles. The number of nitrogens with two attached hydrogens (primary N) is 1. The van der Waals surface area contributed by atoms with Crippen LogP contribution in [-0.4, -0.2) is 37.4 Å². The van der Waals surface area contributed by atoms with Crippen LogP contribution in [0.5, 0.6) is 0 Å². The molecule has 0 saturated heterocycles. The molecular weight excluding hydrogens is 268 g/mol. The second-order valence-corrected chi connectivity index (χ2v) is 6.29. The average Bonchev–Trinajstić information content (AvgIpc) is 2.27. The number of benzene rings is 1. The molecule has 0 saturated carbocycles. The molecule has 0 aromatic heterocycles. The highest BCUT2D eigenvalue weighted by Gasteiger charge is 2.26. The molecule has 0 amide bonds. The Morgan fingerprint density at radius 3 is 2.53 bits per heavy atom. The molecule has 0 bridgehead atoms. The third kappa shape index (κ3) is 3.33. The van der Waals surface area contributed by atoms with Crippen molar-refractivity contribution in [3.05, 3.63) is 35.9 Å². The lowest BCUT2D eigenvalue weighted by atomic mass is 10.2. The fourth-order valence-electron chi connectivity index (χ4n) is 1.56. The van der Waals surface area contributed by atoms with Crippen LogP contribution < -0.4 is 5.73 Å². The van der Waals surface area contributed by atoms with Crippen LogP contribution >= 0.6 is 0 Å². The summed E-state index contributed by atoms with van der Waals surface area (Å²) < 4.78 is 25.7. The van der Waals surface area contributed by atoms with E-state index in [4.69, 9.17) is 10.8 Å².